The average molecular weight is 1220 g/mol. The number of hydrogen-bond donors (Lipinski definition) is 5. The number of amides is 4. The lowest BCUT2D eigenvalue weighted by Crippen LogP contribution is -2.58. The van der Waals surface area contributed by atoms with Crippen LogP contribution in [-0.4, -0.2) is 180 Å². The minimum Gasteiger partial charge on any atom is -0.491 e. The Bertz CT molecular complexity index is 3050. The number of hydrogen-bond acceptors (Lipinski definition) is 17. The highest BCUT2D eigenvalue weighted by atomic mass is 32.1. The number of rotatable bonds is 34. The number of carbonyl (C=O) groups is 4. The van der Waals surface area contributed by atoms with Crippen LogP contribution in [0.5, 0.6) is 5.75 Å². The van der Waals surface area contributed by atoms with E-state index >= 15 is 0 Å². The average Bonchev–Trinajstić information content (AvgIpc) is 2.88. The minimum absolute atomic E-state index is 0.0230. The van der Waals surface area contributed by atoms with Gasteiger partial charge in [-0.05, 0) is 117 Å². The number of nitrogens with one attached hydrogen (secondary N) is 4. The fraction of sp³-hybridized carbons (Fsp3) is 0.538. The maximum Gasteiger partial charge on any atom is 0.253 e. The molecule has 0 bridgehead atoms. The Morgan fingerprint density at radius 3 is 1.94 bits per heavy atom. The molecule has 0 radical (unpaired) electrons. The molecule has 87 heavy (non-hydrogen) atoms. The summed E-state index contributed by atoms with van der Waals surface area (Å²) in [5.41, 5.74) is 10.2. The van der Waals surface area contributed by atoms with Crippen LogP contribution < -0.4 is 31.1 Å². The quantitative estimate of drug-likeness (QED) is 0.0271. The Hall–Kier alpha value is -6.60. The second-order valence-electron chi connectivity index (χ2n) is 22.9. The van der Waals surface area contributed by atoms with Gasteiger partial charge in [-0.2, -0.15) is 0 Å². The van der Waals surface area contributed by atoms with Gasteiger partial charge < -0.3 is 73.7 Å². The van der Waals surface area contributed by atoms with Crippen molar-refractivity contribution in [3.8, 4) is 27.3 Å². The number of aliphatic hydroxyl groups excluding tert-OH is 1. The molecule has 5 N–H and O–H groups in total. The van der Waals surface area contributed by atoms with Gasteiger partial charge in [-0.25, -0.2) is 4.98 Å². The largest absolute Gasteiger partial charge is 0.491 e. The number of pyridine rings is 1. The number of likely N-dealkylation sites (tertiary alicyclic amines) is 1. The zero-order valence-corrected chi connectivity index (χ0v) is 52.6. The van der Waals surface area contributed by atoms with E-state index in [2.05, 4.69) is 43.8 Å². The first kappa shape index (κ1) is 67.9. The third kappa shape index (κ3) is 20.5. The van der Waals surface area contributed by atoms with Gasteiger partial charge >= 0.3 is 0 Å². The molecular weight excluding hydrogens is 1130 g/mol. The van der Waals surface area contributed by atoms with Crippen molar-refractivity contribution in [3.05, 3.63) is 122 Å². The highest BCUT2D eigenvalue weighted by Crippen LogP contribution is 2.35. The van der Waals surface area contributed by atoms with Crippen LogP contribution in [0.25, 0.3) is 21.6 Å². The van der Waals surface area contributed by atoms with E-state index in [1.807, 2.05) is 115 Å². The predicted molar refractivity (Wildman–Crippen MR) is 333 cm³/mol. The van der Waals surface area contributed by atoms with Crippen molar-refractivity contribution in [2.75, 3.05) is 117 Å². The predicted octanol–water partition coefficient (Wildman–Crippen LogP) is 6.62. The van der Waals surface area contributed by atoms with E-state index in [1.54, 1.807) is 11.3 Å². The molecule has 4 heterocycles. The number of nitrogens with zero attached hydrogens (tertiary/aromatic N) is 3. The number of thiazole rings is 1. The van der Waals surface area contributed by atoms with E-state index in [0.717, 1.165) is 74.7 Å². The van der Waals surface area contributed by atoms with Gasteiger partial charge in [-0.3, -0.25) is 24.0 Å². The Balaban J connectivity index is 0.706. The van der Waals surface area contributed by atoms with E-state index in [4.69, 9.17) is 37.9 Å². The first-order chi connectivity index (χ1) is 41.9. The molecule has 4 amide bonds. The SMILES string of the molecule is CCN(c1cc(-c2ccc(OCCOCCOCCOCCOCCOCCOCC(=O)N[C@H](C(=O)N3CC(O)C[C@H]3C(=O)NCc3ccc(-c4scnc4C)cc3)C(C)(C)C)cc2)cc(C(=O)NCc2c(C)cc(C)[nH]c2=O)c1C)C1CCOCC1. The van der Waals surface area contributed by atoms with Gasteiger partial charge in [-0.1, -0.05) is 57.2 Å². The number of benzene rings is 3. The van der Waals surface area contributed by atoms with E-state index in [9.17, 15) is 29.1 Å². The summed E-state index contributed by atoms with van der Waals surface area (Å²) in [6.45, 7) is 21.7. The van der Waals surface area contributed by atoms with Gasteiger partial charge in [0.2, 0.25) is 17.7 Å². The van der Waals surface area contributed by atoms with Gasteiger partial charge in [-0.15, -0.1) is 11.3 Å². The maximum atomic E-state index is 14.0. The Labute approximate surface area is 515 Å². The summed E-state index contributed by atoms with van der Waals surface area (Å²) >= 11 is 1.57. The number of aromatic amines is 1. The molecule has 5 aromatic rings. The van der Waals surface area contributed by atoms with Crippen molar-refractivity contribution in [1.29, 1.82) is 0 Å². The number of aryl methyl sites for hydroxylation is 3. The second kappa shape index (κ2) is 34.2. The molecule has 474 valence electrons. The molecule has 0 aliphatic carbocycles. The molecule has 2 aliphatic heterocycles. The van der Waals surface area contributed by atoms with Crippen LogP contribution in [0, 0.1) is 33.1 Å². The molecule has 21 nitrogen and oxygen atoms in total. The minimum atomic E-state index is -0.973. The van der Waals surface area contributed by atoms with Crippen LogP contribution in [0.3, 0.4) is 0 Å². The van der Waals surface area contributed by atoms with Crippen molar-refractivity contribution in [1.82, 2.24) is 30.8 Å². The summed E-state index contributed by atoms with van der Waals surface area (Å²) in [6, 6.07) is 20.1. The molecule has 3 atom stereocenters. The summed E-state index contributed by atoms with van der Waals surface area (Å²) in [5.74, 6) is -0.867. The second-order valence-corrected chi connectivity index (χ2v) is 23.7. The third-order valence-corrected chi connectivity index (χ3v) is 16.3. The fourth-order valence-electron chi connectivity index (χ4n) is 10.6. The molecule has 3 aromatic carbocycles. The number of carbonyl (C=O) groups excluding carboxylic acids is 4. The van der Waals surface area contributed by atoms with Crippen LogP contribution >= 0.6 is 11.3 Å². The number of H-pyrrole nitrogens is 1. The van der Waals surface area contributed by atoms with E-state index < -0.39 is 35.4 Å². The Morgan fingerprint density at radius 2 is 1.37 bits per heavy atom. The lowest BCUT2D eigenvalue weighted by Gasteiger charge is -2.37. The Morgan fingerprint density at radius 1 is 0.770 bits per heavy atom. The van der Waals surface area contributed by atoms with Crippen LogP contribution in [0.1, 0.15) is 91.0 Å². The highest BCUT2D eigenvalue weighted by molar-refractivity contribution is 7.13. The summed E-state index contributed by atoms with van der Waals surface area (Å²) in [7, 11) is 0. The van der Waals surface area contributed by atoms with Crippen molar-refractivity contribution >= 4 is 40.7 Å². The molecule has 2 fully saturated rings. The number of β-amino-alcohol motifs (C(OH)–C–C–N with tert-alkyl or cyclic N) is 1. The molecule has 1 unspecified atom stereocenters. The van der Waals surface area contributed by atoms with E-state index in [-0.39, 0.29) is 69.3 Å². The molecule has 7 rings (SSSR count). The monoisotopic (exact) mass is 1220 g/mol. The number of ether oxygens (including phenoxy) is 8. The van der Waals surface area contributed by atoms with Gasteiger partial charge in [0.25, 0.3) is 11.5 Å². The lowest BCUT2D eigenvalue weighted by atomic mass is 9.85. The molecule has 22 heteroatoms. The lowest BCUT2D eigenvalue weighted by molar-refractivity contribution is -0.144. The first-order valence-electron chi connectivity index (χ1n) is 30.1. The number of anilines is 1. The van der Waals surface area contributed by atoms with Gasteiger partial charge in [0.05, 0.1) is 94.9 Å². The Kier molecular flexibility index (Phi) is 26.7. The summed E-state index contributed by atoms with van der Waals surface area (Å²) in [4.78, 5) is 79.1. The molecule has 0 spiro atoms. The third-order valence-electron chi connectivity index (χ3n) is 15.3. The fourth-order valence-corrected chi connectivity index (χ4v) is 11.4. The van der Waals surface area contributed by atoms with Gasteiger partial charge in [0, 0.05) is 74.4 Å². The van der Waals surface area contributed by atoms with Crippen LogP contribution in [0.2, 0.25) is 0 Å². The van der Waals surface area contributed by atoms with E-state index in [0.29, 0.717) is 96.2 Å². The topological polar surface area (TPSA) is 251 Å². The highest BCUT2D eigenvalue weighted by Gasteiger charge is 2.44. The summed E-state index contributed by atoms with van der Waals surface area (Å²) in [6.07, 6.45) is 1.02. The first-order valence-corrected chi connectivity index (χ1v) is 31.0. The standard InChI is InChI=1S/C65H89N7O14S/c1-9-71(51-18-20-79-21-19-51)56-36-50(35-54(45(56)4)61(75)67-39-55-43(2)34-44(3)69-62(55)76)48-14-16-53(17-15-48)86-33-32-84-29-28-82-25-24-80-22-23-81-26-27-83-30-31-85-41-58(74)70-60(65(6,7)8)64(78)72-40-52(73)37-57(72)63(77)66-38-47-10-12-49(13-11-47)59-46(5)68-42-87-59/h10-17,34-36,42,51-52,57,60,73H,9,18-33,37-41H2,1-8H3,(H,66,77)(H,67,75)(H,69,76)(H,70,74)/t52?,57-,60+/m0/s1. The summed E-state index contributed by atoms with van der Waals surface area (Å²) in [5, 5.41) is 19.3. The van der Waals surface area contributed by atoms with E-state index in [1.165, 1.54) is 4.90 Å². The van der Waals surface area contributed by atoms with Crippen LogP contribution in [0.4, 0.5) is 5.69 Å². The molecule has 0 saturated carbocycles. The smallest absolute Gasteiger partial charge is 0.253 e. The zero-order valence-electron chi connectivity index (χ0n) is 51.8. The molecule has 2 aromatic heterocycles. The van der Waals surface area contributed by atoms with Crippen molar-refractivity contribution in [3.63, 3.8) is 0 Å². The summed E-state index contributed by atoms with van der Waals surface area (Å²) < 4.78 is 45.3. The zero-order chi connectivity index (χ0) is 62.3. The normalized spacial score (nSPS) is 15.8. The van der Waals surface area contributed by atoms with Crippen molar-refractivity contribution in [2.45, 2.75) is 112 Å². The van der Waals surface area contributed by atoms with Crippen LogP contribution in [-0.2, 0) is 60.6 Å². The number of aromatic nitrogens is 2. The van der Waals surface area contributed by atoms with Gasteiger partial charge in [0.1, 0.15) is 31.0 Å². The molecular formula is C65H89N7O14S. The van der Waals surface area contributed by atoms with Crippen molar-refractivity contribution in [2.24, 2.45) is 5.41 Å². The van der Waals surface area contributed by atoms with Crippen molar-refractivity contribution < 1.29 is 62.2 Å². The van der Waals surface area contributed by atoms with Crippen LogP contribution in [0.15, 0.2) is 77.0 Å². The molecule has 2 saturated heterocycles. The molecule has 2 aliphatic rings. The maximum absolute atomic E-state index is 14.0. The number of aliphatic hydroxyl groups is 1. The van der Waals surface area contributed by atoms with Gasteiger partial charge in [0.15, 0.2) is 0 Å².